The molecule has 0 saturated carbocycles. The van der Waals surface area contributed by atoms with Gasteiger partial charge in [0.05, 0.1) is 26.9 Å². The maximum atomic E-state index is 11.4. The van der Waals surface area contributed by atoms with Crippen molar-refractivity contribution in [1.29, 1.82) is 0 Å². The van der Waals surface area contributed by atoms with Gasteiger partial charge in [-0.1, -0.05) is 26.3 Å². The lowest BCUT2D eigenvalue weighted by molar-refractivity contribution is 0.0200. The Bertz CT molecular complexity index is 1360. The van der Waals surface area contributed by atoms with Gasteiger partial charge in [-0.15, -0.1) is 0 Å². The Kier molecular flexibility index (Phi) is 8.01. The Morgan fingerprint density at radius 1 is 0.950 bits per heavy atom. The van der Waals surface area contributed by atoms with Crippen LogP contribution in [0.3, 0.4) is 0 Å². The second-order valence-corrected chi connectivity index (χ2v) is 11.0. The van der Waals surface area contributed by atoms with Gasteiger partial charge in [-0.3, -0.25) is 0 Å². The van der Waals surface area contributed by atoms with Crippen molar-refractivity contribution in [1.82, 2.24) is 0 Å². The van der Waals surface area contributed by atoms with Crippen LogP contribution in [0.2, 0.25) is 0 Å². The van der Waals surface area contributed by atoms with Gasteiger partial charge in [0, 0.05) is 29.2 Å². The molecular weight excluding hydrogens is 512 g/mol. The fourth-order valence-corrected chi connectivity index (χ4v) is 6.01. The Balaban J connectivity index is 1.63. The van der Waals surface area contributed by atoms with Crippen molar-refractivity contribution in [3.05, 3.63) is 58.7 Å². The van der Waals surface area contributed by atoms with Crippen LogP contribution in [0.25, 0.3) is 11.1 Å². The van der Waals surface area contributed by atoms with E-state index in [1.54, 1.807) is 18.2 Å². The molecule has 4 N–H and O–H groups in total. The van der Waals surface area contributed by atoms with Crippen LogP contribution < -0.4 is 18.9 Å². The summed E-state index contributed by atoms with van der Waals surface area (Å²) in [5, 5.41) is 41.7. The average Bonchev–Trinajstić information content (AvgIpc) is 2.94. The minimum Gasteiger partial charge on any atom is -0.508 e. The first-order valence-corrected chi connectivity index (χ1v) is 13.8. The summed E-state index contributed by atoms with van der Waals surface area (Å²) in [6, 6.07) is 10.6. The number of hydrogen-bond donors (Lipinski definition) is 4. The third-order valence-corrected chi connectivity index (χ3v) is 7.96. The first kappa shape index (κ1) is 27.9. The number of rotatable bonds is 9. The smallest absolute Gasteiger partial charge is 0.200 e. The molecule has 1 aliphatic carbocycles. The lowest BCUT2D eigenvalue weighted by Crippen LogP contribution is -2.32. The van der Waals surface area contributed by atoms with E-state index in [4.69, 9.17) is 18.9 Å². The summed E-state index contributed by atoms with van der Waals surface area (Å²) in [4.78, 5) is 0. The zero-order valence-electron chi connectivity index (χ0n) is 23.4. The molecule has 0 radical (unpaired) electrons. The molecule has 3 unspecified atom stereocenters. The zero-order chi connectivity index (χ0) is 28.6. The van der Waals surface area contributed by atoms with Crippen LogP contribution >= 0.6 is 0 Å². The van der Waals surface area contributed by atoms with E-state index in [9.17, 15) is 20.4 Å². The largest absolute Gasteiger partial charge is 0.508 e. The second-order valence-electron chi connectivity index (χ2n) is 11.0. The number of phenols is 2. The first-order valence-electron chi connectivity index (χ1n) is 13.8. The molecule has 3 aromatic carbocycles. The number of aromatic hydroxyl groups is 2. The van der Waals surface area contributed by atoms with Gasteiger partial charge in [0.15, 0.2) is 17.6 Å². The van der Waals surface area contributed by atoms with E-state index in [1.807, 2.05) is 18.2 Å². The van der Waals surface area contributed by atoms with E-state index in [1.165, 1.54) is 14.2 Å². The van der Waals surface area contributed by atoms with Crippen LogP contribution in [0, 0.1) is 5.92 Å². The summed E-state index contributed by atoms with van der Waals surface area (Å²) < 4.78 is 23.2. The van der Waals surface area contributed by atoms with E-state index in [0.29, 0.717) is 29.4 Å². The molecule has 3 atom stereocenters. The average molecular weight is 551 g/mol. The van der Waals surface area contributed by atoms with Crippen molar-refractivity contribution < 1.29 is 39.4 Å². The van der Waals surface area contributed by atoms with E-state index in [2.05, 4.69) is 13.8 Å². The van der Waals surface area contributed by atoms with Gasteiger partial charge >= 0.3 is 0 Å². The molecule has 0 aromatic heterocycles. The zero-order valence-corrected chi connectivity index (χ0v) is 23.4. The maximum Gasteiger partial charge on any atom is 0.200 e. The third kappa shape index (κ3) is 5.13. The van der Waals surface area contributed by atoms with Crippen LogP contribution in [0.15, 0.2) is 36.4 Å². The van der Waals surface area contributed by atoms with Crippen LogP contribution in [0.5, 0.6) is 34.5 Å². The van der Waals surface area contributed by atoms with Crippen LogP contribution in [-0.2, 0) is 12.8 Å². The molecule has 0 saturated heterocycles. The molecule has 3 aromatic rings. The number of fused-ring (bicyclic) bond motifs is 5. The molecule has 5 rings (SSSR count). The summed E-state index contributed by atoms with van der Waals surface area (Å²) in [7, 11) is 2.91. The number of methoxy groups -OCH3 is 2. The van der Waals surface area contributed by atoms with E-state index in [-0.39, 0.29) is 42.1 Å². The van der Waals surface area contributed by atoms with E-state index in [0.717, 1.165) is 47.1 Å². The van der Waals surface area contributed by atoms with Crippen molar-refractivity contribution in [3.8, 4) is 45.6 Å². The molecular formula is C32H38O8. The van der Waals surface area contributed by atoms with Crippen molar-refractivity contribution >= 4 is 0 Å². The Hall–Kier alpha value is -3.62. The molecule has 0 fully saturated rings. The minimum absolute atomic E-state index is 0.119. The summed E-state index contributed by atoms with van der Waals surface area (Å²) in [6.07, 6.45) is 1.49. The lowest BCUT2D eigenvalue weighted by atomic mass is 9.73. The quantitative estimate of drug-likeness (QED) is 0.285. The minimum atomic E-state index is -0.866. The number of hydrogen-bond acceptors (Lipinski definition) is 8. The molecule has 214 valence electrons. The van der Waals surface area contributed by atoms with E-state index < -0.39 is 12.2 Å². The standard InChI is InChI=1S/C32H38O8/c1-17(2)5-6-18-11-24-23-15-25(35)32(19-12-28(37-3)31(36)29(13-19)38-4)40-26(23)16-27(39-10-9-33)30(24)21-8-7-20(34)14-22(18)21/h7-8,12-14,16-18,25,32-36H,5-6,9-11,15H2,1-4H3. The second kappa shape index (κ2) is 11.5. The fourth-order valence-electron chi connectivity index (χ4n) is 6.01. The van der Waals surface area contributed by atoms with Gasteiger partial charge in [0.1, 0.15) is 23.9 Å². The predicted octanol–water partition coefficient (Wildman–Crippen LogP) is 5.27. The number of aliphatic hydroxyl groups excluding tert-OH is 2. The van der Waals surface area contributed by atoms with Gasteiger partial charge in [-0.25, -0.2) is 0 Å². The van der Waals surface area contributed by atoms with Gasteiger partial charge in [-0.2, -0.15) is 0 Å². The van der Waals surface area contributed by atoms with E-state index >= 15 is 0 Å². The topological polar surface area (TPSA) is 118 Å². The van der Waals surface area contributed by atoms with Gasteiger partial charge < -0.3 is 39.4 Å². The predicted molar refractivity (Wildman–Crippen MR) is 151 cm³/mol. The summed E-state index contributed by atoms with van der Waals surface area (Å²) in [5.74, 6) is 2.49. The number of phenolic OH excluding ortho intramolecular Hbond substituents is 2. The van der Waals surface area contributed by atoms with Crippen LogP contribution in [0.1, 0.15) is 61.0 Å². The summed E-state index contributed by atoms with van der Waals surface area (Å²) >= 11 is 0. The SMILES string of the molecule is COc1cc(C2Oc3cc(OCCO)c4c(c3CC2O)CC(CCC(C)C)c2cc(O)ccc2-4)cc(OC)c1O. The summed E-state index contributed by atoms with van der Waals surface area (Å²) in [6.45, 7) is 4.40. The van der Waals surface area contributed by atoms with Crippen LogP contribution in [-0.4, -0.2) is 54.0 Å². The monoisotopic (exact) mass is 550 g/mol. The van der Waals surface area contributed by atoms with Crippen molar-refractivity contribution in [2.45, 2.75) is 57.7 Å². The fraction of sp³-hybridized carbons (Fsp3) is 0.438. The van der Waals surface area contributed by atoms with Crippen molar-refractivity contribution in [3.63, 3.8) is 0 Å². The first-order chi connectivity index (χ1) is 19.2. The molecule has 0 bridgehead atoms. The van der Waals surface area contributed by atoms with Crippen molar-refractivity contribution in [2.75, 3.05) is 27.4 Å². The number of benzene rings is 3. The maximum absolute atomic E-state index is 11.4. The third-order valence-electron chi connectivity index (χ3n) is 7.96. The normalized spacial score (nSPS) is 19.3. The molecule has 1 aliphatic heterocycles. The highest BCUT2D eigenvalue weighted by Crippen LogP contribution is 2.53. The van der Waals surface area contributed by atoms with Gasteiger partial charge in [0.25, 0.3) is 0 Å². The highest BCUT2D eigenvalue weighted by Gasteiger charge is 2.37. The van der Waals surface area contributed by atoms with Crippen LogP contribution in [0.4, 0.5) is 0 Å². The van der Waals surface area contributed by atoms with Gasteiger partial charge in [0.2, 0.25) is 5.75 Å². The highest BCUT2D eigenvalue weighted by atomic mass is 16.5. The molecule has 0 spiro atoms. The molecule has 8 heteroatoms. The Morgan fingerprint density at radius 3 is 2.33 bits per heavy atom. The summed E-state index contributed by atoms with van der Waals surface area (Å²) in [5.41, 5.74) is 5.60. The molecule has 8 nitrogen and oxygen atoms in total. The molecule has 0 amide bonds. The molecule has 40 heavy (non-hydrogen) atoms. The van der Waals surface area contributed by atoms with Crippen molar-refractivity contribution in [2.24, 2.45) is 5.92 Å². The molecule has 1 heterocycles. The van der Waals surface area contributed by atoms with Gasteiger partial charge in [-0.05, 0) is 65.6 Å². The lowest BCUT2D eigenvalue weighted by Gasteiger charge is -2.37. The Labute approximate surface area is 234 Å². The Morgan fingerprint density at radius 2 is 1.68 bits per heavy atom. The highest BCUT2D eigenvalue weighted by molar-refractivity contribution is 5.82. The number of aliphatic hydroxyl groups is 2. The molecule has 2 aliphatic rings. The number of ether oxygens (including phenoxy) is 4.